The van der Waals surface area contributed by atoms with Crippen molar-refractivity contribution in [1.29, 1.82) is 0 Å². The zero-order valence-corrected chi connectivity index (χ0v) is 6.88. The van der Waals surface area contributed by atoms with E-state index in [1.165, 1.54) is 0 Å². The molecule has 5 nitrogen and oxygen atoms in total. The molecule has 1 aliphatic heterocycles. The van der Waals surface area contributed by atoms with Gasteiger partial charge in [-0.3, -0.25) is 19.8 Å². The van der Waals surface area contributed by atoms with Crippen LogP contribution in [-0.4, -0.2) is 42.9 Å². The van der Waals surface area contributed by atoms with Gasteiger partial charge in [-0.25, -0.2) is 0 Å². The number of nitrogens with two attached hydrogens (primary N) is 1. The Balaban J connectivity index is 2.34. The van der Waals surface area contributed by atoms with Gasteiger partial charge in [-0.1, -0.05) is 0 Å². The van der Waals surface area contributed by atoms with Crippen molar-refractivity contribution in [3.63, 3.8) is 0 Å². The van der Waals surface area contributed by atoms with E-state index in [4.69, 9.17) is 5.73 Å². The van der Waals surface area contributed by atoms with Crippen molar-refractivity contribution in [2.24, 2.45) is 5.73 Å². The maximum absolute atomic E-state index is 10.8. The summed E-state index contributed by atoms with van der Waals surface area (Å²) >= 11 is 0. The highest BCUT2D eigenvalue weighted by Gasteiger charge is 2.21. The van der Waals surface area contributed by atoms with E-state index in [-0.39, 0.29) is 11.8 Å². The number of carbonyl (C=O) groups is 2. The summed E-state index contributed by atoms with van der Waals surface area (Å²) in [5, 5.41) is 2.23. The number of hydrogen-bond acceptors (Lipinski definition) is 4. The van der Waals surface area contributed by atoms with Crippen LogP contribution in [0.15, 0.2) is 0 Å². The molecule has 1 aliphatic rings. The average molecular weight is 171 g/mol. The van der Waals surface area contributed by atoms with E-state index < -0.39 is 0 Å². The Morgan fingerprint density at radius 3 is 2.42 bits per heavy atom. The molecule has 0 saturated carbocycles. The number of rotatable bonds is 3. The molecule has 1 heterocycles. The van der Waals surface area contributed by atoms with E-state index in [9.17, 15) is 9.59 Å². The predicted octanol–water partition coefficient (Wildman–Crippen LogP) is -1.71. The zero-order valence-electron chi connectivity index (χ0n) is 6.88. The largest absolute Gasteiger partial charge is 0.330 e. The van der Waals surface area contributed by atoms with Crippen LogP contribution in [0.1, 0.15) is 6.42 Å². The van der Waals surface area contributed by atoms with Crippen LogP contribution in [0, 0.1) is 0 Å². The maximum atomic E-state index is 10.8. The Labute approximate surface area is 70.9 Å². The van der Waals surface area contributed by atoms with Gasteiger partial charge in [-0.2, -0.15) is 0 Å². The third-order valence-electron chi connectivity index (χ3n) is 1.69. The van der Waals surface area contributed by atoms with E-state index >= 15 is 0 Å². The van der Waals surface area contributed by atoms with Crippen LogP contribution in [0.25, 0.3) is 0 Å². The second-order valence-electron chi connectivity index (χ2n) is 2.82. The lowest BCUT2D eigenvalue weighted by Gasteiger charge is -2.24. The van der Waals surface area contributed by atoms with Crippen molar-refractivity contribution in [1.82, 2.24) is 10.2 Å². The Morgan fingerprint density at radius 2 is 1.92 bits per heavy atom. The maximum Gasteiger partial charge on any atom is 0.240 e. The molecule has 0 aromatic rings. The van der Waals surface area contributed by atoms with Gasteiger partial charge < -0.3 is 5.73 Å². The van der Waals surface area contributed by atoms with Crippen molar-refractivity contribution in [2.75, 3.05) is 26.2 Å². The Bertz CT molecular complexity index is 177. The van der Waals surface area contributed by atoms with Gasteiger partial charge >= 0.3 is 0 Å². The van der Waals surface area contributed by atoms with Crippen molar-refractivity contribution in [3.8, 4) is 0 Å². The molecule has 3 N–H and O–H groups in total. The number of nitrogens with one attached hydrogen (secondary N) is 1. The Kier molecular flexibility index (Phi) is 3.19. The summed E-state index contributed by atoms with van der Waals surface area (Å²) in [6, 6.07) is 0. The lowest BCUT2D eigenvalue weighted by atomic mass is 10.3. The molecule has 1 fully saturated rings. The molecular weight excluding hydrogens is 158 g/mol. The number of amides is 2. The SMILES string of the molecule is NCCCN1CC(=O)NC(=O)C1. The van der Waals surface area contributed by atoms with E-state index in [1.54, 1.807) is 4.90 Å². The molecule has 0 aromatic heterocycles. The first-order chi connectivity index (χ1) is 5.72. The molecule has 0 spiro atoms. The number of imide groups is 1. The lowest BCUT2D eigenvalue weighted by molar-refractivity contribution is -0.136. The number of piperazine rings is 1. The van der Waals surface area contributed by atoms with Gasteiger partial charge in [-0.05, 0) is 13.0 Å². The van der Waals surface area contributed by atoms with Gasteiger partial charge in [0.15, 0.2) is 0 Å². The van der Waals surface area contributed by atoms with Crippen molar-refractivity contribution in [3.05, 3.63) is 0 Å². The van der Waals surface area contributed by atoms with Gasteiger partial charge in [0.05, 0.1) is 13.1 Å². The monoisotopic (exact) mass is 171 g/mol. The van der Waals surface area contributed by atoms with Crippen LogP contribution < -0.4 is 11.1 Å². The Morgan fingerprint density at radius 1 is 1.33 bits per heavy atom. The highest BCUT2D eigenvalue weighted by molar-refractivity contribution is 5.99. The summed E-state index contributed by atoms with van der Waals surface area (Å²) in [6.45, 7) is 1.93. The summed E-state index contributed by atoms with van der Waals surface area (Å²) in [4.78, 5) is 23.5. The summed E-state index contributed by atoms with van der Waals surface area (Å²) in [5.41, 5.74) is 5.30. The van der Waals surface area contributed by atoms with Gasteiger partial charge in [0, 0.05) is 6.54 Å². The molecule has 1 saturated heterocycles. The quantitative estimate of drug-likeness (QED) is 0.496. The number of nitrogens with zero attached hydrogens (tertiary/aromatic N) is 1. The number of hydrogen-bond donors (Lipinski definition) is 2. The zero-order chi connectivity index (χ0) is 8.97. The normalized spacial score (nSPS) is 19.4. The third-order valence-corrected chi connectivity index (χ3v) is 1.69. The van der Waals surface area contributed by atoms with Crippen molar-refractivity contribution >= 4 is 11.8 Å². The standard InChI is InChI=1S/C7H13N3O2/c8-2-1-3-10-4-6(11)9-7(12)5-10/h1-5,8H2,(H,9,11,12). The Hall–Kier alpha value is -0.940. The summed E-state index contributed by atoms with van der Waals surface area (Å²) in [5.74, 6) is -0.438. The van der Waals surface area contributed by atoms with Crippen LogP contribution in [0.2, 0.25) is 0 Å². The van der Waals surface area contributed by atoms with Crippen LogP contribution >= 0.6 is 0 Å². The summed E-state index contributed by atoms with van der Waals surface area (Å²) in [6.07, 6.45) is 0.820. The van der Waals surface area contributed by atoms with E-state index in [1.807, 2.05) is 0 Å². The lowest BCUT2D eigenvalue weighted by Crippen LogP contribution is -2.51. The molecule has 5 heteroatoms. The molecule has 0 bridgehead atoms. The van der Waals surface area contributed by atoms with E-state index in [0.29, 0.717) is 19.6 Å². The fourth-order valence-corrected chi connectivity index (χ4v) is 1.17. The summed E-state index contributed by atoms with van der Waals surface area (Å²) in [7, 11) is 0. The van der Waals surface area contributed by atoms with E-state index in [2.05, 4.69) is 5.32 Å². The molecular formula is C7H13N3O2. The topological polar surface area (TPSA) is 75.4 Å². The van der Waals surface area contributed by atoms with Gasteiger partial charge in [0.25, 0.3) is 0 Å². The van der Waals surface area contributed by atoms with Crippen molar-refractivity contribution < 1.29 is 9.59 Å². The molecule has 0 atom stereocenters. The van der Waals surface area contributed by atoms with Gasteiger partial charge in [0.1, 0.15) is 0 Å². The minimum absolute atomic E-state index is 0.219. The summed E-state index contributed by atoms with van der Waals surface area (Å²) < 4.78 is 0. The molecule has 12 heavy (non-hydrogen) atoms. The number of carbonyl (C=O) groups excluding carboxylic acids is 2. The van der Waals surface area contributed by atoms with Crippen LogP contribution in [0.3, 0.4) is 0 Å². The molecule has 2 amide bonds. The molecule has 0 aromatic carbocycles. The first-order valence-electron chi connectivity index (χ1n) is 3.97. The second kappa shape index (κ2) is 4.18. The van der Waals surface area contributed by atoms with Crippen LogP contribution in [0.4, 0.5) is 0 Å². The average Bonchev–Trinajstić information content (AvgIpc) is 1.99. The molecule has 0 unspecified atom stereocenters. The molecule has 68 valence electrons. The fraction of sp³-hybridized carbons (Fsp3) is 0.714. The highest BCUT2D eigenvalue weighted by atomic mass is 16.2. The minimum atomic E-state index is -0.219. The molecule has 0 radical (unpaired) electrons. The van der Waals surface area contributed by atoms with Gasteiger partial charge in [-0.15, -0.1) is 0 Å². The predicted molar refractivity (Wildman–Crippen MR) is 43.3 cm³/mol. The third kappa shape index (κ3) is 2.60. The van der Waals surface area contributed by atoms with Gasteiger partial charge in [0.2, 0.25) is 11.8 Å². The van der Waals surface area contributed by atoms with Crippen molar-refractivity contribution in [2.45, 2.75) is 6.42 Å². The van der Waals surface area contributed by atoms with Crippen LogP contribution in [0.5, 0.6) is 0 Å². The molecule has 1 rings (SSSR count). The minimum Gasteiger partial charge on any atom is -0.330 e. The fourth-order valence-electron chi connectivity index (χ4n) is 1.17. The van der Waals surface area contributed by atoms with E-state index in [0.717, 1.165) is 13.0 Å². The van der Waals surface area contributed by atoms with Crippen LogP contribution in [-0.2, 0) is 9.59 Å². The second-order valence-corrected chi connectivity index (χ2v) is 2.82. The first-order valence-corrected chi connectivity index (χ1v) is 3.97. The molecule has 0 aliphatic carbocycles. The first kappa shape index (κ1) is 9.15. The smallest absolute Gasteiger partial charge is 0.240 e. The highest BCUT2D eigenvalue weighted by Crippen LogP contribution is 1.95.